The minimum Gasteiger partial charge on any atom is -0.370 e. The van der Waals surface area contributed by atoms with E-state index in [1.807, 2.05) is 38.7 Å². The first-order valence-corrected chi connectivity index (χ1v) is 10.0. The van der Waals surface area contributed by atoms with Crippen LogP contribution in [0.25, 0.3) is 5.65 Å². The second-order valence-electron chi connectivity index (χ2n) is 6.67. The van der Waals surface area contributed by atoms with Gasteiger partial charge in [0.1, 0.15) is 17.6 Å². The second kappa shape index (κ2) is 6.97. The Morgan fingerprint density at radius 3 is 2.81 bits per heavy atom. The number of thioether (sulfide) groups is 1. The van der Waals surface area contributed by atoms with E-state index in [1.54, 1.807) is 16.0 Å². The van der Waals surface area contributed by atoms with Crippen LogP contribution in [0.3, 0.4) is 0 Å². The maximum Gasteiger partial charge on any atom is 0.263 e. The van der Waals surface area contributed by atoms with Crippen molar-refractivity contribution in [2.24, 2.45) is 7.05 Å². The average molecular weight is 386 g/mol. The van der Waals surface area contributed by atoms with Crippen LogP contribution in [0.5, 0.6) is 0 Å². The Morgan fingerprint density at radius 2 is 2.11 bits per heavy atom. The van der Waals surface area contributed by atoms with Gasteiger partial charge in [0.05, 0.1) is 12.8 Å². The largest absolute Gasteiger partial charge is 0.370 e. The zero-order valence-electron chi connectivity index (χ0n) is 15.8. The van der Waals surface area contributed by atoms with Crippen LogP contribution in [0.1, 0.15) is 22.9 Å². The van der Waals surface area contributed by atoms with Crippen molar-refractivity contribution >= 4 is 23.2 Å². The zero-order valence-corrected chi connectivity index (χ0v) is 16.7. The van der Waals surface area contributed by atoms with Crippen molar-refractivity contribution in [1.29, 1.82) is 0 Å². The number of aromatic nitrogens is 5. The first-order valence-electron chi connectivity index (χ1n) is 8.78. The molecule has 0 bridgehead atoms. The van der Waals surface area contributed by atoms with E-state index in [-0.39, 0.29) is 11.7 Å². The molecule has 1 saturated heterocycles. The van der Waals surface area contributed by atoms with Crippen LogP contribution in [0.2, 0.25) is 0 Å². The molecule has 1 aliphatic heterocycles. The van der Waals surface area contributed by atoms with E-state index < -0.39 is 0 Å². The summed E-state index contributed by atoms with van der Waals surface area (Å²) in [6.07, 6.45) is 5.67. The van der Waals surface area contributed by atoms with Gasteiger partial charge < -0.3 is 9.64 Å². The molecule has 1 aliphatic rings. The Labute approximate surface area is 161 Å². The van der Waals surface area contributed by atoms with Crippen LogP contribution in [-0.2, 0) is 11.8 Å². The minimum atomic E-state index is -0.0592. The van der Waals surface area contributed by atoms with Crippen molar-refractivity contribution in [2.75, 3.05) is 30.9 Å². The van der Waals surface area contributed by atoms with Crippen molar-refractivity contribution in [3.05, 3.63) is 45.6 Å². The molecule has 8 nitrogen and oxygen atoms in total. The Morgan fingerprint density at radius 1 is 1.30 bits per heavy atom. The summed E-state index contributed by atoms with van der Waals surface area (Å²) in [5.74, 6) is 0.812. The molecule has 4 rings (SSSR count). The first kappa shape index (κ1) is 18.0. The third-order valence-electron chi connectivity index (χ3n) is 4.91. The number of morpholine rings is 1. The van der Waals surface area contributed by atoms with E-state index in [2.05, 4.69) is 15.0 Å². The molecule has 0 saturated carbocycles. The second-order valence-corrected chi connectivity index (χ2v) is 7.45. The van der Waals surface area contributed by atoms with Gasteiger partial charge in [-0.1, -0.05) is 11.8 Å². The van der Waals surface area contributed by atoms with Gasteiger partial charge in [-0.05, 0) is 20.1 Å². The number of aryl methyl sites for hydroxylation is 2. The highest BCUT2D eigenvalue weighted by molar-refractivity contribution is 7.98. The summed E-state index contributed by atoms with van der Waals surface area (Å²) in [5.41, 5.74) is 3.02. The maximum absolute atomic E-state index is 12.7. The smallest absolute Gasteiger partial charge is 0.263 e. The van der Waals surface area contributed by atoms with Crippen LogP contribution in [0, 0.1) is 13.8 Å². The molecule has 1 fully saturated rings. The average Bonchev–Trinajstić information content (AvgIpc) is 3.11. The molecule has 3 aromatic heterocycles. The third kappa shape index (κ3) is 3.21. The lowest BCUT2D eigenvalue weighted by atomic mass is 10.1. The molecule has 0 radical (unpaired) electrons. The molecule has 27 heavy (non-hydrogen) atoms. The number of rotatable bonds is 3. The maximum atomic E-state index is 12.7. The quantitative estimate of drug-likeness (QED) is 0.501. The highest BCUT2D eigenvalue weighted by Gasteiger charge is 2.25. The SMILES string of the molecule is CSc1nc(N2CCOC(c3cnn(C)c3)C2)cc2nc(C)c(C)c(=O)n12. The number of hydrogen-bond donors (Lipinski definition) is 0. The van der Waals surface area contributed by atoms with E-state index in [0.717, 1.165) is 23.6 Å². The summed E-state index contributed by atoms with van der Waals surface area (Å²) in [4.78, 5) is 24.2. The van der Waals surface area contributed by atoms with Crippen molar-refractivity contribution in [1.82, 2.24) is 24.1 Å². The third-order valence-corrected chi connectivity index (χ3v) is 5.55. The van der Waals surface area contributed by atoms with Crippen LogP contribution < -0.4 is 10.5 Å². The first-order chi connectivity index (χ1) is 13.0. The molecule has 9 heteroatoms. The van der Waals surface area contributed by atoms with Crippen molar-refractivity contribution in [3.63, 3.8) is 0 Å². The van der Waals surface area contributed by atoms with Gasteiger partial charge in [-0.25, -0.2) is 14.4 Å². The van der Waals surface area contributed by atoms with Crippen molar-refractivity contribution in [3.8, 4) is 0 Å². The zero-order chi connectivity index (χ0) is 19.1. The van der Waals surface area contributed by atoms with Crippen LogP contribution in [0.15, 0.2) is 28.4 Å². The molecule has 1 atom stereocenters. The van der Waals surface area contributed by atoms with E-state index in [0.29, 0.717) is 29.5 Å². The molecule has 1 unspecified atom stereocenters. The molecule has 0 spiro atoms. The molecular weight excluding hydrogens is 364 g/mol. The highest BCUT2D eigenvalue weighted by atomic mass is 32.2. The van der Waals surface area contributed by atoms with E-state index in [9.17, 15) is 4.79 Å². The van der Waals surface area contributed by atoms with E-state index in [1.165, 1.54) is 11.8 Å². The minimum absolute atomic E-state index is 0.0573. The lowest BCUT2D eigenvalue weighted by molar-refractivity contribution is 0.0394. The number of anilines is 1. The van der Waals surface area contributed by atoms with Gasteiger partial charge in [0.15, 0.2) is 5.16 Å². The molecule has 0 aliphatic carbocycles. The summed E-state index contributed by atoms with van der Waals surface area (Å²) < 4.78 is 9.30. The van der Waals surface area contributed by atoms with E-state index in [4.69, 9.17) is 9.72 Å². The van der Waals surface area contributed by atoms with Gasteiger partial charge in [-0.3, -0.25) is 9.48 Å². The summed E-state index contributed by atoms with van der Waals surface area (Å²) in [6, 6.07) is 1.89. The Bertz CT molecular complexity index is 1060. The lowest BCUT2D eigenvalue weighted by Gasteiger charge is -2.33. The fourth-order valence-electron chi connectivity index (χ4n) is 3.27. The van der Waals surface area contributed by atoms with Crippen molar-refractivity contribution in [2.45, 2.75) is 25.1 Å². The lowest BCUT2D eigenvalue weighted by Crippen LogP contribution is -2.39. The number of ether oxygens (including phenoxy) is 1. The van der Waals surface area contributed by atoms with E-state index >= 15 is 0 Å². The molecule has 0 aromatic carbocycles. The molecule has 4 heterocycles. The normalized spacial score (nSPS) is 17.6. The van der Waals surface area contributed by atoms with Gasteiger partial charge in [-0.2, -0.15) is 5.10 Å². The topological polar surface area (TPSA) is 77.5 Å². The summed E-state index contributed by atoms with van der Waals surface area (Å²) in [5, 5.41) is 4.88. The van der Waals surface area contributed by atoms with Gasteiger partial charge in [0.2, 0.25) is 0 Å². The fraction of sp³-hybridized carbons (Fsp3) is 0.444. The Balaban J connectivity index is 1.75. The predicted octanol–water partition coefficient (Wildman–Crippen LogP) is 1.74. The predicted molar refractivity (Wildman–Crippen MR) is 105 cm³/mol. The summed E-state index contributed by atoms with van der Waals surface area (Å²) in [6.45, 7) is 5.69. The Hall–Kier alpha value is -2.39. The fourth-order valence-corrected chi connectivity index (χ4v) is 3.82. The molecule has 142 valence electrons. The van der Waals surface area contributed by atoms with Gasteiger partial charge >= 0.3 is 0 Å². The van der Waals surface area contributed by atoms with Crippen LogP contribution in [-0.4, -0.2) is 50.1 Å². The van der Waals surface area contributed by atoms with Gasteiger partial charge in [-0.15, -0.1) is 0 Å². The number of fused-ring (bicyclic) bond motifs is 1. The monoisotopic (exact) mass is 386 g/mol. The van der Waals surface area contributed by atoms with Crippen LogP contribution >= 0.6 is 11.8 Å². The van der Waals surface area contributed by atoms with Crippen molar-refractivity contribution < 1.29 is 4.74 Å². The Kier molecular flexibility index (Phi) is 4.65. The molecule has 0 N–H and O–H groups in total. The molecule has 0 amide bonds. The van der Waals surface area contributed by atoms with Crippen LogP contribution in [0.4, 0.5) is 5.82 Å². The van der Waals surface area contributed by atoms with Gasteiger partial charge in [0, 0.05) is 49.2 Å². The number of nitrogens with zero attached hydrogens (tertiary/aromatic N) is 6. The molecular formula is C18H22N6O2S. The highest BCUT2D eigenvalue weighted by Crippen LogP contribution is 2.27. The number of hydrogen-bond acceptors (Lipinski definition) is 7. The standard InChI is InChI=1S/C18H22N6O2S/c1-11-12(2)20-16-7-15(21-18(27-4)24(16)17(11)25)23-5-6-26-14(10-23)13-8-19-22(3)9-13/h7-9,14H,5-6,10H2,1-4H3. The van der Waals surface area contributed by atoms with Gasteiger partial charge in [0.25, 0.3) is 5.56 Å². The summed E-state index contributed by atoms with van der Waals surface area (Å²) >= 11 is 1.45. The summed E-state index contributed by atoms with van der Waals surface area (Å²) in [7, 11) is 1.90. The molecule has 3 aromatic rings.